The summed E-state index contributed by atoms with van der Waals surface area (Å²) in [4.78, 5) is 40.5. The maximum atomic E-state index is 13.3. The molecule has 0 radical (unpaired) electrons. The number of carbonyl (C=O) groups excluding carboxylic acids is 3. The number of fused-ring (bicyclic) bond motifs is 2. The number of hydrogen-bond acceptors (Lipinski definition) is 4. The summed E-state index contributed by atoms with van der Waals surface area (Å²) in [5.41, 5.74) is 8.23. The van der Waals surface area contributed by atoms with E-state index in [0.29, 0.717) is 18.7 Å². The standard InChI is InChI=1S/C38H42N4O3Si/c1-46(2)33-25-29(40-19-8-20-40)12-14-31(33)37(32-15-13-30(26-34(32)46)41-21-9-22-41)27-10-7-11-28(24-27)38(45)39-18-5-3-4-6-23-42-35(43)16-17-36(42)44/h7,10-17,24-26H,3-6,8-9,18-23H2,1-2H3/p+1. The Hall–Kier alpha value is -4.30. The van der Waals surface area contributed by atoms with Crippen molar-refractivity contribution in [1.82, 2.24) is 10.2 Å². The molecule has 0 saturated carbocycles. The van der Waals surface area contributed by atoms with E-state index in [-0.39, 0.29) is 17.7 Å². The van der Waals surface area contributed by atoms with Crippen LogP contribution in [-0.4, -0.2) is 80.3 Å². The van der Waals surface area contributed by atoms with Crippen LogP contribution in [0, 0.1) is 0 Å². The summed E-state index contributed by atoms with van der Waals surface area (Å²) in [6.45, 7) is 10.5. The monoisotopic (exact) mass is 631 g/mol. The van der Waals surface area contributed by atoms with Crippen molar-refractivity contribution in [3.05, 3.63) is 100 Å². The van der Waals surface area contributed by atoms with Crippen molar-refractivity contribution in [3.8, 4) is 0 Å². The van der Waals surface area contributed by atoms with Crippen LogP contribution in [0.4, 0.5) is 5.69 Å². The molecular formula is C38H43N4O3Si+. The van der Waals surface area contributed by atoms with Gasteiger partial charge in [0.2, 0.25) is 0 Å². The summed E-state index contributed by atoms with van der Waals surface area (Å²) in [7, 11) is -2.01. The van der Waals surface area contributed by atoms with Crippen LogP contribution in [0.3, 0.4) is 0 Å². The lowest BCUT2D eigenvalue weighted by Gasteiger charge is -2.40. The van der Waals surface area contributed by atoms with Crippen molar-refractivity contribution >= 4 is 48.0 Å². The summed E-state index contributed by atoms with van der Waals surface area (Å²) < 4.78 is 2.48. The van der Waals surface area contributed by atoms with Crippen molar-refractivity contribution in [2.75, 3.05) is 44.2 Å². The third kappa shape index (κ3) is 5.64. The largest absolute Gasteiger partial charge is 0.371 e. The number of anilines is 1. The molecule has 3 amide bonds. The molecular weight excluding hydrogens is 589 g/mol. The lowest BCUT2D eigenvalue weighted by molar-refractivity contribution is -0.582. The Morgan fingerprint density at radius 1 is 0.891 bits per heavy atom. The van der Waals surface area contributed by atoms with E-state index in [1.165, 1.54) is 68.4 Å². The van der Waals surface area contributed by atoms with Crippen molar-refractivity contribution in [1.29, 1.82) is 0 Å². The summed E-state index contributed by atoms with van der Waals surface area (Å²) in [6, 6.07) is 15.2. The number of hydrogen-bond donors (Lipinski definition) is 1. The van der Waals surface area contributed by atoms with Gasteiger partial charge in [0.15, 0.2) is 5.71 Å². The molecule has 7 rings (SSSR count). The fourth-order valence-electron chi connectivity index (χ4n) is 7.20. The predicted molar refractivity (Wildman–Crippen MR) is 186 cm³/mol. The fraction of sp³-hybridized carbons (Fsp3) is 0.368. The van der Waals surface area contributed by atoms with Crippen LogP contribution in [0.15, 0.2) is 83.6 Å². The Morgan fingerprint density at radius 3 is 2.39 bits per heavy atom. The average molecular weight is 632 g/mol. The normalized spacial score (nSPS) is 19.6. The number of carbonyl (C=O) groups is 3. The van der Waals surface area contributed by atoms with E-state index in [1.54, 1.807) is 0 Å². The van der Waals surface area contributed by atoms with E-state index in [1.807, 2.05) is 12.1 Å². The highest BCUT2D eigenvalue weighted by molar-refractivity contribution is 6.98. The van der Waals surface area contributed by atoms with Crippen LogP contribution in [0.1, 0.15) is 60.0 Å². The number of nitrogens with zero attached hydrogens (tertiary/aromatic N) is 3. The highest BCUT2D eigenvalue weighted by atomic mass is 28.3. The van der Waals surface area contributed by atoms with Gasteiger partial charge in [0.05, 0.1) is 6.42 Å². The van der Waals surface area contributed by atoms with Crippen LogP contribution >= 0.6 is 0 Å². The first kappa shape index (κ1) is 30.4. The van der Waals surface area contributed by atoms with Crippen LogP contribution in [0.5, 0.6) is 0 Å². The van der Waals surface area contributed by atoms with Gasteiger partial charge in [-0.05, 0) is 82.3 Å². The Morgan fingerprint density at radius 2 is 1.67 bits per heavy atom. The van der Waals surface area contributed by atoms with Crippen molar-refractivity contribution in [2.24, 2.45) is 0 Å². The molecule has 46 heavy (non-hydrogen) atoms. The van der Waals surface area contributed by atoms with Gasteiger partial charge in [-0.1, -0.05) is 44.1 Å². The predicted octanol–water partition coefficient (Wildman–Crippen LogP) is 4.74. The number of unbranched alkanes of at least 4 members (excludes halogenated alkanes) is 3. The molecule has 0 bridgehead atoms. The van der Waals surface area contributed by atoms with Crippen molar-refractivity contribution in [2.45, 2.75) is 51.6 Å². The first-order valence-corrected chi connectivity index (χ1v) is 19.9. The third-order valence-corrected chi connectivity index (χ3v) is 13.8. The molecule has 236 valence electrons. The molecule has 2 aromatic carbocycles. The minimum Gasteiger partial charge on any atom is -0.371 e. The topological polar surface area (TPSA) is 72.7 Å². The van der Waals surface area contributed by atoms with Gasteiger partial charge in [-0.15, -0.1) is 0 Å². The average Bonchev–Trinajstić information content (AvgIpc) is 3.32. The van der Waals surface area contributed by atoms with Gasteiger partial charge >= 0.3 is 0 Å². The molecule has 2 saturated heterocycles. The Bertz CT molecular complexity index is 1750. The Balaban J connectivity index is 1.10. The first-order valence-electron chi connectivity index (χ1n) is 16.9. The fourth-order valence-corrected chi connectivity index (χ4v) is 10.3. The number of benzene rings is 2. The van der Waals surface area contributed by atoms with Crippen molar-refractivity contribution < 1.29 is 19.0 Å². The van der Waals surface area contributed by atoms with Crippen LogP contribution in [0.25, 0.3) is 5.57 Å². The minimum absolute atomic E-state index is 0.0611. The maximum Gasteiger partial charge on any atom is 0.253 e. The number of allylic oxidation sites excluding steroid dienone is 5. The molecule has 0 atom stereocenters. The van der Waals surface area contributed by atoms with Gasteiger partial charge < -0.3 is 10.2 Å². The maximum absolute atomic E-state index is 13.3. The number of amides is 3. The zero-order valence-electron chi connectivity index (χ0n) is 27.0. The highest BCUT2D eigenvalue weighted by Gasteiger charge is 2.41. The number of rotatable bonds is 10. The highest BCUT2D eigenvalue weighted by Crippen LogP contribution is 2.42. The second kappa shape index (κ2) is 12.5. The molecule has 0 unspecified atom stereocenters. The van der Waals surface area contributed by atoms with Gasteiger partial charge in [0.1, 0.15) is 21.2 Å². The van der Waals surface area contributed by atoms with Gasteiger partial charge in [-0.25, -0.2) is 4.58 Å². The third-order valence-electron chi connectivity index (χ3n) is 10.2. The van der Waals surface area contributed by atoms with E-state index >= 15 is 0 Å². The van der Waals surface area contributed by atoms with E-state index in [9.17, 15) is 14.4 Å². The molecule has 4 aliphatic heterocycles. The molecule has 8 heteroatoms. The smallest absolute Gasteiger partial charge is 0.253 e. The minimum atomic E-state index is -2.01. The summed E-state index contributed by atoms with van der Waals surface area (Å²) in [6.07, 6.45) is 15.7. The van der Waals surface area contributed by atoms with Crippen molar-refractivity contribution in [3.63, 3.8) is 0 Å². The first-order chi connectivity index (χ1) is 22.3. The Labute approximate surface area is 272 Å². The quantitative estimate of drug-likeness (QED) is 0.178. The van der Waals surface area contributed by atoms with E-state index < -0.39 is 8.07 Å². The van der Waals surface area contributed by atoms with E-state index in [0.717, 1.165) is 57.4 Å². The second-order valence-electron chi connectivity index (χ2n) is 13.6. The molecule has 4 heterocycles. The van der Waals surface area contributed by atoms with Gasteiger partial charge in [-0.2, -0.15) is 0 Å². The molecule has 5 aliphatic rings. The van der Waals surface area contributed by atoms with E-state index in [2.05, 4.69) is 76.4 Å². The van der Waals surface area contributed by atoms with E-state index in [4.69, 9.17) is 0 Å². The second-order valence-corrected chi connectivity index (χ2v) is 17.9. The van der Waals surface area contributed by atoms with Gasteiger partial charge in [0, 0.05) is 61.7 Å². The summed E-state index contributed by atoms with van der Waals surface area (Å²) >= 11 is 0. The van der Waals surface area contributed by atoms with Crippen LogP contribution < -0.4 is 15.4 Å². The molecule has 1 aliphatic carbocycles. The molecule has 1 N–H and O–H groups in total. The lowest BCUT2D eigenvalue weighted by Crippen LogP contribution is -2.50. The van der Waals surface area contributed by atoms with Crippen LogP contribution in [-0.2, 0) is 9.59 Å². The molecule has 0 spiro atoms. The summed E-state index contributed by atoms with van der Waals surface area (Å²) in [5, 5.41) is 6.06. The SMILES string of the molecule is C[Si]1(C)C2=CC(=[N+]3CCC3)C=CC2=C(c2cccc(C(=O)NCCCCCCN3C(=O)C=CC3=O)c2)c2ccc(N3CCC3)cc21. The molecule has 2 fully saturated rings. The molecule has 2 aromatic rings. The number of imide groups is 1. The lowest BCUT2D eigenvalue weighted by atomic mass is 9.88. The molecule has 0 aromatic heterocycles. The summed E-state index contributed by atoms with van der Waals surface area (Å²) in [5.74, 6) is -0.512. The van der Waals surface area contributed by atoms with Crippen LogP contribution in [0.2, 0.25) is 13.1 Å². The Kier molecular flexibility index (Phi) is 8.23. The van der Waals surface area contributed by atoms with Gasteiger partial charge in [0.25, 0.3) is 17.7 Å². The molecule has 7 nitrogen and oxygen atoms in total. The van der Waals surface area contributed by atoms with Gasteiger partial charge in [-0.3, -0.25) is 19.3 Å². The zero-order valence-corrected chi connectivity index (χ0v) is 28.0. The zero-order chi connectivity index (χ0) is 31.8. The number of nitrogens with one attached hydrogen (secondary N) is 1.